The predicted octanol–water partition coefficient (Wildman–Crippen LogP) is 0.354. The lowest BCUT2D eigenvalue weighted by Crippen LogP contribution is -2.22. The Bertz CT molecular complexity index is 122. The van der Waals surface area contributed by atoms with Crippen LogP contribution in [0.2, 0.25) is 0 Å². The number of hydrogen-bond donors (Lipinski definition) is 2. The van der Waals surface area contributed by atoms with Gasteiger partial charge in [-0.25, -0.2) is 0 Å². The molecule has 0 rings (SSSR count). The minimum atomic E-state index is -0.285. The Kier molecular flexibility index (Phi) is 5.33. The zero-order valence-electron chi connectivity index (χ0n) is 5.59. The van der Waals surface area contributed by atoms with Gasteiger partial charge in [-0.3, -0.25) is 4.79 Å². The van der Waals surface area contributed by atoms with Crippen molar-refractivity contribution in [1.29, 1.82) is 0 Å². The predicted molar refractivity (Wildman–Crippen MR) is 46.2 cm³/mol. The molecule has 0 bridgehead atoms. The molecule has 0 aliphatic rings. The topological polar surface area (TPSA) is 38.3 Å². The number of thiocarbonyl (C=S) groups is 1. The molecule has 3 nitrogen and oxygen atoms in total. The lowest BCUT2D eigenvalue weighted by atomic mass is 10.7. The smallest absolute Gasteiger partial charge is 0.302 e. The summed E-state index contributed by atoms with van der Waals surface area (Å²) >= 11 is 8.39. The molecule has 0 unspecified atom stereocenters. The van der Waals surface area contributed by atoms with Gasteiger partial charge in [-0.15, -0.1) is 12.6 Å². The molecule has 58 valence electrons. The number of carbonyl (C=O) groups is 1. The summed E-state index contributed by atoms with van der Waals surface area (Å²) in [6.45, 7) is 2.21. The van der Waals surface area contributed by atoms with Gasteiger partial charge in [0.1, 0.15) is 10.9 Å². The summed E-state index contributed by atoms with van der Waals surface area (Å²) < 4.78 is 5.01. The first-order valence-corrected chi connectivity index (χ1v) is 3.58. The van der Waals surface area contributed by atoms with E-state index in [9.17, 15) is 4.79 Å². The Morgan fingerprint density at radius 1 is 1.80 bits per heavy atom. The summed E-state index contributed by atoms with van der Waals surface area (Å²) in [5.74, 6) is -0.285. The molecule has 0 saturated heterocycles. The van der Waals surface area contributed by atoms with Crippen molar-refractivity contribution in [1.82, 2.24) is 5.32 Å². The molecule has 1 N–H and O–H groups in total. The molecule has 0 radical (unpaired) electrons. The number of nitrogens with one attached hydrogen (secondary N) is 1. The molecule has 0 aromatic heterocycles. The van der Waals surface area contributed by atoms with Crippen LogP contribution in [-0.2, 0) is 9.53 Å². The third-order valence-corrected chi connectivity index (χ3v) is 0.986. The lowest BCUT2D eigenvalue weighted by molar-refractivity contribution is -0.140. The van der Waals surface area contributed by atoms with Crippen molar-refractivity contribution in [3.63, 3.8) is 0 Å². The molecule has 0 saturated carbocycles. The van der Waals surface area contributed by atoms with E-state index in [0.717, 1.165) is 0 Å². The maximum absolute atomic E-state index is 10.2. The Morgan fingerprint density at radius 3 is 2.80 bits per heavy atom. The number of carbonyl (C=O) groups excluding carboxylic acids is 1. The number of thiol groups is 1. The number of ether oxygens (including phenoxy) is 1. The molecular formula is C5H9NO2S2. The zero-order valence-corrected chi connectivity index (χ0v) is 7.30. The largest absolute Gasteiger partial charge is 0.464 e. The average molecular weight is 179 g/mol. The monoisotopic (exact) mass is 179 g/mol. The molecule has 0 heterocycles. The van der Waals surface area contributed by atoms with Crippen molar-refractivity contribution in [2.24, 2.45) is 0 Å². The van der Waals surface area contributed by atoms with E-state index in [1.165, 1.54) is 6.92 Å². The minimum Gasteiger partial charge on any atom is -0.464 e. The van der Waals surface area contributed by atoms with Crippen LogP contribution in [0.15, 0.2) is 0 Å². The third kappa shape index (κ3) is 7.71. The molecule has 0 aliphatic carbocycles. The van der Waals surface area contributed by atoms with E-state index in [4.69, 9.17) is 0 Å². The molecule has 0 atom stereocenters. The highest BCUT2D eigenvalue weighted by molar-refractivity contribution is 8.11. The van der Waals surface area contributed by atoms with Gasteiger partial charge in [0.25, 0.3) is 0 Å². The van der Waals surface area contributed by atoms with Crippen molar-refractivity contribution in [3.8, 4) is 0 Å². The highest BCUT2D eigenvalue weighted by atomic mass is 32.1. The first-order valence-electron chi connectivity index (χ1n) is 2.73. The molecule has 10 heavy (non-hydrogen) atoms. The fourth-order valence-corrected chi connectivity index (χ4v) is 0.567. The van der Waals surface area contributed by atoms with E-state index in [1.54, 1.807) is 0 Å². The first kappa shape index (κ1) is 9.71. The Balaban J connectivity index is 3.06. The Labute approximate surface area is 70.5 Å². The van der Waals surface area contributed by atoms with E-state index in [1.807, 2.05) is 0 Å². The van der Waals surface area contributed by atoms with Crippen LogP contribution in [0.4, 0.5) is 0 Å². The van der Waals surface area contributed by atoms with Crippen molar-refractivity contribution >= 4 is 35.1 Å². The average Bonchev–Trinajstić information content (AvgIpc) is 1.79. The molecule has 5 heteroatoms. The molecular weight excluding hydrogens is 170 g/mol. The highest BCUT2D eigenvalue weighted by Gasteiger charge is 1.91. The summed E-state index contributed by atoms with van der Waals surface area (Å²) in [6.07, 6.45) is 0. The fourth-order valence-electron chi connectivity index (χ4n) is 0.353. The van der Waals surface area contributed by atoms with Gasteiger partial charge >= 0.3 is 5.97 Å². The van der Waals surface area contributed by atoms with Gasteiger partial charge in [0.2, 0.25) is 0 Å². The van der Waals surface area contributed by atoms with Crippen LogP contribution >= 0.6 is 24.8 Å². The van der Waals surface area contributed by atoms with Crippen LogP contribution in [-0.4, -0.2) is 23.4 Å². The van der Waals surface area contributed by atoms with Gasteiger partial charge in [0, 0.05) is 6.92 Å². The lowest BCUT2D eigenvalue weighted by Gasteiger charge is -2.02. The summed E-state index contributed by atoms with van der Waals surface area (Å²) in [5, 5.41) is 2.72. The molecule has 0 fully saturated rings. The highest BCUT2D eigenvalue weighted by Crippen LogP contribution is 1.78. The van der Waals surface area contributed by atoms with Crippen molar-refractivity contribution in [2.45, 2.75) is 6.92 Å². The summed E-state index contributed by atoms with van der Waals surface area (Å²) in [6, 6.07) is 0. The number of rotatable bonds is 3. The van der Waals surface area contributed by atoms with Crippen LogP contribution in [0.1, 0.15) is 6.92 Å². The van der Waals surface area contributed by atoms with Crippen LogP contribution in [0.3, 0.4) is 0 Å². The maximum atomic E-state index is 10.2. The van der Waals surface area contributed by atoms with E-state index < -0.39 is 0 Å². The van der Waals surface area contributed by atoms with E-state index in [0.29, 0.717) is 17.5 Å². The van der Waals surface area contributed by atoms with Gasteiger partial charge in [0.15, 0.2) is 0 Å². The Morgan fingerprint density at radius 2 is 2.40 bits per heavy atom. The van der Waals surface area contributed by atoms with Crippen molar-refractivity contribution < 1.29 is 9.53 Å². The first-order chi connectivity index (χ1) is 4.63. The van der Waals surface area contributed by atoms with E-state index in [-0.39, 0.29) is 5.97 Å². The van der Waals surface area contributed by atoms with Crippen molar-refractivity contribution in [2.75, 3.05) is 13.2 Å². The maximum Gasteiger partial charge on any atom is 0.302 e. The standard InChI is InChI=1S/C5H9NO2S2/c1-4(7)8-3-2-6-5(9)10/h2-3H2,1H3,(H2,6,9,10). The molecule has 0 amide bonds. The SMILES string of the molecule is CC(=O)OCCNC(=S)S. The van der Waals surface area contributed by atoms with Gasteiger partial charge in [-0.2, -0.15) is 0 Å². The molecule has 0 spiro atoms. The third-order valence-electron chi connectivity index (χ3n) is 0.684. The van der Waals surface area contributed by atoms with Gasteiger partial charge in [0.05, 0.1) is 6.54 Å². The van der Waals surface area contributed by atoms with E-state index >= 15 is 0 Å². The second-order valence-electron chi connectivity index (χ2n) is 1.57. The van der Waals surface area contributed by atoms with E-state index in [2.05, 4.69) is 34.9 Å². The quantitative estimate of drug-likeness (QED) is 0.284. The van der Waals surface area contributed by atoms with Gasteiger partial charge in [-0.1, -0.05) is 12.2 Å². The number of hydrogen-bond acceptors (Lipinski definition) is 3. The second kappa shape index (κ2) is 5.49. The summed E-state index contributed by atoms with van der Waals surface area (Å²) in [4.78, 5) is 10.2. The normalized spacial score (nSPS) is 8.60. The van der Waals surface area contributed by atoms with Crippen LogP contribution in [0, 0.1) is 0 Å². The van der Waals surface area contributed by atoms with Gasteiger partial charge < -0.3 is 10.1 Å². The molecule has 0 aliphatic heterocycles. The molecule has 0 aromatic carbocycles. The fraction of sp³-hybridized carbons (Fsp3) is 0.600. The summed E-state index contributed by atoms with van der Waals surface area (Å²) in [5.41, 5.74) is 0. The zero-order chi connectivity index (χ0) is 7.98. The number of esters is 1. The van der Waals surface area contributed by atoms with Crippen LogP contribution in [0.5, 0.6) is 0 Å². The minimum absolute atomic E-state index is 0.285. The van der Waals surface area contributed by atoms with Gasteiger partial charge in [-0.05, 0) is 0 Å². The van der Waals surface area contributed by atoms with Crippen LogP contribution < -0.4 is 5.32 Å². The second-order valence-corrected chi connectivity index (χ2v) is 2.73. The molecule has 0 aromatic rings. The van der Waals surface area contributed by atoms with Crippen molar-refractivity contribution in [3.05, 3.63) is 0 Å². The Hall–Kier alpha value is -0.290. The van der Waals surface area contributed by atoms with Crippen LogP contribution in [0.25, 0.3) is 0 Å². The summed E-state index contributed by atoms with van der Waals surface area (Å²) in [7, 11) is 0.